The zero-order chi connectivity index (χ0) is 24.6. The third-order valence-electron chi connectivity index (χ3n) is 5.52. The number of carboxylic acids is 1. The number of rotatable bonds is 12. The van der Waals surface area contributed by atoms with E-state index in [-0.39, 0.29) is 25.3 Å². The van der Waals surface area contributed by atoms with E-state index in [0.717, 1.165) is 11.1 Å². The van der Waals surface area contributed by atoms with Crippen LogP contribution < -0.4 is 0 Å². The van der Waals surface area contributed by atoms with E-state index in [0.29, 0.717) is 28.9 Å². The van der Waals surface area contributed by atoms with Gasteiger partial charge in [-0.2, -0.15) is 4.31 Å². The highest BCUT2D eigenvalue weighted by Gasteiger charge is 2.23. The fraction of sp³-hybridized carbons (Fsp3) is 0.231. The first kappa shape index (κ1) is 25.6. The van der Waals surface area contributed by atoms with Gasteiger partial charge in [0.05, 0.1) is 11.7 Å². The minimum atomic E-state index is -3.62. The van der Waals surface area contributed by atoms with Crippen molar-refractivity contribution in [3.8, 4) is 0 Å². The van der Waals surface area contributed by atoms with E-state index in [9.17, 15) is 23.1 Å². The van der Waals surface area contributed by atoms with Gasteiger partial charge >= 0.3 is 5.97 Å². The van der Waals surface area contributed by atoms with Crippen molar-refractivity contribution in [1.82, 2.24) is 4.31 Å². The van der Waals surface area contributed by atoms with Gasteiger partial charge in [0, 0.05) is 24.5 Å². The molecule has 3 aromatic rings. The van der Waals surface area contributed by atoms with Crippen molar-refractivity contribution in [1.29, 1.82) is 0 Å². The molecule has 0 bridgehead atoms. The summed E-state index contributed by atoms with van der Waals surface area (Å²) in [6, 6.07) is 23.1. The molecule has 0 aliphatic carbocycles. The maximum Gasteiger partial charge on any atom is 0.311 e. The number of hydrogen-bond donors (Lipinski definition) is 1. The van der Waals surface area contributed by atoms with Crippen LogP contribution in [0.3, 0.4) is 0 Å². The zero-order valence-electron chi connectivity index (χ0n) is 18.5. The van der Waals surface area contributed by atoms with Crippen LogP contribution in [0.1, 0.15) is 34.6 Å². The Bertz CT molecular complexity index is 1200. The molecule has 6 nitrogen and oxygen atoms in total. The third-order valence-corrected chi connectivity index (χ3v) is 7.57. The smallest absolute Gasteiger partial charge is 0.311 e. The highest BCUT2D eigenvalue weighted by atomic mass is 35.5. The quantitative estimate of drug-likeness (QED) is 0.365. The molecule has 0 aromatic heterocycles. The van der Waals surface area contributed by atoms with E-state index in [1.807, 2.05) is 30.3 Å². The number of sulfonamides is 1. The van der Waals surface area contributed by atoms with Crippen LogP contribution in [-0.2, 0) is 38.3 Å². The second-order valence-corrected chi connectivity index (χ2v) is 10.4. The van der Waals surface area contributed by atoms with E-state index >= 15 is 0 Å². The van der Waals surface area contributed by atoms with Crippen LogP contribution in [0.25, 0.3) is 0 Å². The number of carbonyl (C=O) groups excluding carboxylic acids is 1. The molecule has 0 heterocycles. The molecule has 0 saturated carbocycles. The largest absolute Gasteiger partial charge is 0.481 e. The molecule has 3 rings (SSSR count). The SMILES string of the molecule is O=CCC(C(=O)O)c1ccc(CCN(Cc2ccccc2)S(=O)(=O)Cc2ccc(Cl)cc2)cc1. The molecule has 0 amide bonds. The molecule has 178 valence electrons. The minimum Gasteiger partial charge on any atom is -0.481 e. The van der Waals surface area contributed by atoms with Crippen molar-refractivity contribution in [2.75, 3.05) is 6.54 Å². The summed E-state index contributed by atoms with van der Waals surface area (Å²) in [6.45, 7) is 0.510. The number of halogens is 1. The van der Waals surface area contributed by atoms with Crippen LogP contribution in [0.2, 0.25) is 5.02 Å². The normalized spacial score (nSPS) is 12.4. The zero-order valence-corrected chi connectivity index (χ0v) is 20.1. The number of aldehydes is 1. The van der Waals surface area contributed by atoms with Gasteiger partial charge in [-0.1, -0.05) is 78.3 Å². The number of carbonyl (C=O) groups is 2. The van der Waals surface area contributed by atoms with E-state index in [1.165, 1.54) is 4.31 Å². The molecular weight excluding hydrogens is 474 g/mol. The van der Waals surface area contributed by atoms with Crippen LogP contribution in [0.15, 0.2) is 78.9 Å². The molecule has 0 radical (unpaired) electrons. The second kappa shape index (κ2) is 11.9. The van der Waals surface area contributed by atoms with Crippen molar-refractivity contribution in [2.24, 2.45) is 0 Å². The fourth-order valence-electron chi connectivity index (χ4n) is 3.63. The van der Waals surface area contributed by atoms with Gasteiger partial charge < -0.3 is 9.90 Å². The molecule has 34 heavy (non-hydrogen) atoms. The Kier molecular flexibility index (Phi) is 8.98. The van der Waals surface area contributed by atoms with Gasteiger partial charge in [-0.15, -0.1) is 0 Å². The van der Waals surface area contributed by atoms with E-state index in [4.69, 9.17) is 11.6 Å². The maximum atomic E-state index is 13.3. The highest BCUT2D eigenvalue weighted by Crippen LogP contribution is 2.21. The van der Waals surface area contributed by atoms with Crippen molar-refractivity contribution in [3.63, 3.8) is 0 Å². The summed E-state index contributed by atoms with van der Waals surface area (Å²) < 4.78 is 28.1. The standard InChI is InChI=1S/C26H26ClNO5S/c27-24-12-8-22(9-13-24)19-34(32,33)28(18-21-4-2-1-3-5-21)16-14-20-6-10-23(11-7-20)25(15-17-29)26(30)31/h1-13,17,25H,14-16,18-19H2,(H,30,31). The number of nitrogens with zero attached hydrogens (tertiary/aromatic N) is 1. The second-order valence-electron chi connectivity index (χ2n) is 7.99. The Morgan fingerprint density at radius 1 is 0.912 bits per heavy atom. The van der Waals surface area contributed by atoms with Crippen LogP contribution in [0, 0.1) is 0 Å². The average Bonchev–Trinajstić information content (AvgIpc) is 2.82. The summed E-state index contributed by atoms with van der Waals surface area (Å²) in [7, 11) is -3.62. The molecule has 0 saturated heterocycles. The molecule has 1 N–H and O–H groups in total. The summed E-state index contributed by atoms with van der Waals surface area (Å²) in [4.78, 5) is 22.2. The van der Waals surface area contributed by atoms with E-state index in [2.05, 4.69) is 0 Å². The van der Waals surface area contributed by atoms with Crippen LogP contribution in [0.4, 0.5) is 0 Å². The van der Waals surface area contributed by atoms with Gasteiger partial charge in [-0.3, -0.25) is 4.79 Å². The molecule has 0 spiro atoms. The molecule has 3 aromatic carbocycles. The van der Waals surface area contributed by atoms with Crippen molar-refractivity contribution in [3.05, 3.63) is 106 Å². The molecule has 0 aliphatic heterocycles. The number of benzene rings is 3. The first-order chi connectivity index (χ1) is 16.3. The monoisotopic (exact) mass is 499 g/mol. The van der Waals surface area contributed by atoms with Gasteiger partial charge in [-0.25, -0.2) is 8.42 Å². The molecule has 1 atom stereocenters. The molecule has 1 unspecified atom stereocenters. The van der Waals surface area contributed by atoms with Crippen LogP contribution >= 0.6 is 11.6 Å². The lowest BCUT2D eigenvalue weighted by atomic mass is 9.95. The van der Waals surface area contributed by atoms with Gasteiger partial charge in [0.15, 0.2) is 0 Å². The number of hydrogen-bond acceptors (Lipinski definition) is 4. The lowest BCUT2D eigenvalue weighted by Gasteiger charge is -2.23. The number of carboxylic acid groups (broad SMARTS) is 1. The summed E-state index contributed by atoms with van der Waals surface area (Å²) in [6.07, 6.45) is 0.959. The first-order valence-corrected chi connectivity index (χ1v) is 12.8. The van der Waals surface area contributed by atoms with Crippen molar-refractivity contribution >= 4 is 33.9 Å². The molecular formula is C26H26ClNO5S. The first-order valence-electron chi connectivity index (χ1n) is 10.8. The molecule has 0 aliphatic rings. The van der Waals surface area contributed by atoms with Gasteiger partial charge in [0.25, 0.3) is 0 Å². The minimum absolute atomic E-state index is 0.0948. The lowest BCUT2D eigenvalue weighted by molar-refractivity contribution is -0.139. The topological polar surface area (TPSA) is 91.8 Å². The van der Waals surface area contributed by atoms with E-state index in [1.54, 1.807) is 48.5 Å². The van der Waals surface area contributed by atoms with Gasteiger partial charge in [0.1, 0.15) is 6.29 Å². The van der Waals surface area contributed by atoms with Crippen LogP contribution in [0.5, 0.6) is 0 Å². The predicted octanol–water partition coefficient (Wildman–Crippen LogP) is 4.67. The summed E-state index contributed by atoms with van der Waals surface area (Å²) >= 11 is 5.93. The predicted molar refractivity (Wildman–Crippen MR) is 132 cm³/mol. The average molecular weight is 500 g/mol. The lowest BCUT2D eigenvalue weighted by Crippen LogP contribution is -2.33. The Morgan fingerprint density at radius 2 is 1.53 bits per heavy atom. The molecule has 0 fully saturated rings. The van der Waals surface area contributed by atoms with E-state index < -0.39 is 21.9 Å². The summed E-state index contributed by atoms with van der Waals surface area (Å²) in [5.41, 5.74) is 2.95. The Labute approximate surface area is 204 Å². The van der Waals surface area contributed by atoms with Crippen LogP contribution in [-0.4, -0.2) is 36.6 Å². The van der Waals surface area contributed by atoms with Gasteiger partial charge in [0.2, 0.25) is 10.0 Å². The third kappa shape index (κ3) is 7.25. The van der Waals surface area contributed by atoms with Crippen molar-refractivity contribution < 1.29 is 23.1 Å². The summed E-state index contributed by atoms with van der Waals surface area (Å²) in [5.74, 6) is -2.08. The highest BCUT2D eigenvalue weighted by molar-refractivity contribution is 7.88. The fourth-order valence-corrected chi connectivity index (χ4v) is 5.27. The molecule has 8 heteroatoms. The maximum absolute atomic E-state index is 13.3. The Balaban J connectivity index is 1.76. The Hall–Kier alpha value is -3.00. The Morgan fingerprint density at radius 3 is 2.12 bits per heavy atom. The summed E-state index contributed by atoms with van der Waals surface area (Å²) in [5, 5.41) is 9.88. The van der Waals surface area contributed by atoms with Crippen molar-refractivity contribution in [2.45, 2.75) is 31.1 Å². The number of aliphatic carboxylic acids is 1. The van der Waals surface area contributed by atoms with Gasteiger partial charge in [-0.05, 0) is 40.8 Å².